The zero-order valence-corrected chi connectivity index (χ0v) is 12.0. The summed E-state index contributed by atoms with van der Waals surface area (Å²) in [5, 5.41) is 8.60. The molecule has 0 aliphatic rings. The van der Waals surface area contributed by atoms with E-state index in [0.29, 0.717) is 4.47 Å². The van der Waals surface area contributed by atoms with Gasteiger partial charge in [-0.2, -0.15) is 9.57 Å². The van der Waals surface area contributed by atoms with Crippen LogP contribution in [0.5, 0.6) is 0 Å². The Kier molecular flexibility index (Phi) is 4.69. The van der Waals surface area contributed by atoms with E-state index in [2.05, 4.69) is 15.9 Å². The van der Waals surface area contributed by atoms with Gasteiger partial charge in [-0.25, -0.2) is 8.42 Å². The summed E-state index contributed by atoms with van der Waals surface area (Å²) in [6.45, 7) is 1.71. The maximum absolute atomic E-state index is 12.3. The molecule has 0 heterocycles. The van der Waals surface area contributed by atoms with Gasteiger partial charge in [-0.1, -0.05) is 12.1 Å². The number of nitrogens with zero attached hydrogens (tertiary/aromatic N) is 2. The first-order chi connectivity index (χ1) is 7.91. The van der Waals surface area contributed by atoms with Gasteiger partial charge in [0.25, 0.3) is 0 Å². The number of sulfonamides is 1. The molecule has 1 rings (SSSR count). The number of hydrogen-bond donors (Lipinski definition) is 0. The molecule has 92 valence electrons. The molecule has 0 radical (unpaired) electrons. The molecule has 4 nitrogen and oxygen atoms in total. The average molecular weight is 317 g/mol. The van der Waals surface area contributed by atoms with E-state index in [0.717, 1.165) is 0 Å². The lowest BCUT2D eigenvalue weighted by atomic mass is 10.3. The summed E-state index contributed by atoms with van der Waals surface area (Å²) in [6, 6.07) is 8.25. The molecule has 17 heavy (non-hydrogen) atoms. The highest BCUT2D eigenvalue weighted by atomic mass is 79.9. The van der Waals surface area contributed by atoms with E-state index in [-0.39, 0.29) is 17.4 Å². The van der Waals surface area contributed by atoms with Gasteiger partial charge in [-0.05, 0) is 35.0 Å². The largest absolute Gasteiger partial charge is 0.244 e. The molecule has 0 fully saturated rings. The van der Waals surface area contributed by atoms with Gasteiger partial charge in [0.2, 0.25) is 10.0 Å². The van der Waals surface area contributed by atoms with Crippen LogP contribution in [0.2, 0.25) is 0 Å². The summed E-state index contributed by atoms with van der Waals surface area (Å²) in [5.41, 5.74) is 0. The molecule has 0 N–H and O–H groups in total. The fourth-order valence-electron chi connectivity index (χ4n) is 1.31. The van der Waals surface area contributed by atoms with Gasteiger partial charge in [0.15, 0.2) is 0 Å². The van der Waals surface area contributed by atoms with Crippen LogP contribution in [0.3, 0.4) is 0 Å². The SMILES string of the molecule is CC(CC#N)N(C)S(=O)(=O)c1ccccc1Br. The van der Waals surface area contributed by atoms with Crippen molar-refractivity contribution in [3.05, 3.63) is 28.7 Å². The summed E-state index contributed by atoms with van der Waals surface area (Å²) in [7, 11) is -2.07. The Balaban J connectivity index is 3.13. The van der Waals surface area contributed by atoms with Gasteiger partial charge in [0, 0.05) is 17.6 Å². The molecule has 0 aromatic heterocycles. The Morgan fingerprint density at radius 3 is 2.59 bits per heavy atom. The Bertz CT molecular complexity index is 537. The predicted molar refractivity (Wildman–Crippen MR) is 68.8 cm³/mol. The lowest BCUT2D eigenvalue weighted by molar-refractivity contribution is 0.393. The van der Waals surface area contributed by atoms with Gasteiger partial charge in [-0.3, -0.25) is 0 Å². The number of hydrogen-bond acceptors (Lipinski definition) is 3. The molecule has 0 saturated carbocycles. The molecule has 0 bridgehead atoms. The van der Waals surface area contributed by atoms with E-state index in [9.17, 15) is 8.42 Å². The normalized spacial score (nSPS) is 13.4. The van der Waals surface area contributed by atoms with Crippen molar-refractivity contribution in [1.29, 1.82) is 5.26 Å². The fourth-order valence-corrected chi connectivity index (χ4v) is 3.63. The molecular weight excluding hydrogens is 304 g/mol. The van der Waals surface area contributed by atoms with Crippen molar-refractivity contribution < 1.29 is 8.42 Å². The van der Waals surface area contributed by atoms with Gasteiger partial charge in [0.05, 0.1) is 17.4 Å². The van der Waals surface area contributed by atoms with E-state index < -0.39 is 10.0 Å². The summed E-state index contributed by atoms with van der Waals surface area (Å²) < 4.78 is 26.3. The number of halogens is 1. The Morgan fingerprint density at radius 1 is 1.47 bits per heavy atom. The van der Waals surface area contributed by atoms with E-state index in [1.54, 1.807) is 25.1 Å². The van der Waals surface area contributed by atoms with Crippen LogP contribution in [0, 0.1) is 11.3 Å². The van der Waals surface area contributed by atoms with Crippen LogP contribution in [0.25, 0.3) is 0 Å². The lowest BCUT2D eigenvalue weighted by Crippen LogP contribution is -2.35. The molecule has 0 saturated heterocycles. The number of rotatable bonds is 4. The molecule has 0 aliphatic carbocycles. The highest BCUT2D eigenvalue weighted by Gasteiger charge is 2.26. The van der Waals surface area contributed by atoms with E-state index >= 15 is 0 Å². The molecule has 1 aromatic carbocycles. The summed E-state index contributed by atoms with van der Waals surface area (Å²) >= 11 is 3.22. The Hall–Kier alpha value is -0.900. The van der Waals surface area contributed by atoms with Crippen molar-refractivity contribution in [2.75, 3.05) is 7.05 Å². The minimum atomic E-state index is -3.56. The summed E-state index contributed by atoms with van der Waals surface area (Å²) in [4.78, 5) is 0.215. The van der Waals surface area contributed by atoms with Crippen molar-refractivity contribution in [3.63, 3.8) is 0 Å². The molecule has 1 atom stereocenters. The van der Waals surface area contributed by atoms with Crippen LogP contribution in [-0.2, 0) is 10.0 Å². The first kappa shape index (κ1) is 14.2. The monoisotopic (exact) mass is 316 g/mol. The van der Waals surface area contributed by atoms with Crippen LogP contribution in [0.15, 0.2) is 33.6 Å². The van der Waals surface area contributed by atoms with Gasteiger partial charge in [-0.15, -0.1) is 0 Å². The first-order valence-corrected chi connectivity index (χ1v) is 7.24. The molecule has 0 spiro atoms. The maximum Gasteiger partial charge on any atom is 0.244 e. The van der Waals surface area contributed by atoms with Crippen LogP contribution in [0.4, 0.5) is 0 Å². The minimum absolute atomic E-state index is 0.167. The second kappa shape index (κ2) is 5.63. The standard InChI is InChI=1S/C11H13BrN2O2S/c1-9(7-8-13)14(2)17(15,16)11-6-4-3-5-10(11)12/h3-6,9H,7H2,1-2H3. The van der Waals surface area contributed by atoms with Gasteiger partial charge >= 0.3 is 0 Å². The second-order valence-electron chi connectivity index (χ2n) is 3.66. The van der Waals surface area contributed by atoms with E-state index in [4.69, 9.17) is 5.26 Å². The highest BCUT2D eigenvalue weighted by Crippen LogP contribution is 2.25. The Morgan fingerprint density at radius 2 is 2.06 bits per heavy atom. The van der Waals surface area contributed by atoms with Crippen LogP contribution in [-0.4, -0.2) is 25.8 Å². The first-order valence-electron chi connectivity index (χ1n) is 5.00. The van der Waals surface area contributed by atoms with Crippen molar-refractivity contribution in [2.45, 2.75) is 24.3 Å². The highest BCUT2D eigenvalue weighted by molar-refractivity contribution is 9.10. The molecule has 1 unspecified atom stereocenters. The number of benzene rings is 1. The molecule has 0 aliphatic heterocycles. The topological polar surface area (TPSA) is 61.2 Å². The molecule has 1 aromatic rings. The van der Waals surface area contributed by atoms with Crippen molar-refractivity contribution in [3.8, 4) is 6.07 Å². The fraction of sp³-hybridized carbons (Fsp3) is 0.364. The zero-order valence-electron chi connectivity index (χ0n) is 9.59. The van der Waals surface area contributed by atoms with Gasteiger partial charge in [0.1, 0.15) is 0 Å². The van der Waals surface area contributed by atoms with E-state index in [1.165, 1.54) is 17.4 Å². The lowest BCUT2D eigenvalue weighted by Gasteiger charge is -2.22. The van der Waals surface area contributed by atoms with Crippen molar-refractivity contribution in [1.82, 2.24) is 4.31 Å². The average Bonchev–Trinajstić information content (AvgIpc) is 2.28. The van der Waals surface area contributed by atoms with Crippen LogP contribution < -0.4 is 0 Å². The maximum atomic E-state index is 12.3. The third kappa shape index (κ3) is 3.06. The number of nitriles is 1. The summed E-state index contributed by atoms with van der Waals surface area (Å²) in [5.74, 6) is 0. The zero-order chi connectivity index (χ0) is 13.1. The second-order valence-corrected chi connectivity index (χ2v) is 6.48. The van der Waals surface area contributed by atoms with Crippen LogP contribution in [0.1, 0.15) is 13.3 Å². The molecular formula is C11H13BrN2O2S. The van der Waals surface area contributed by atoms with Crippen molar-refractivity contribution >= 4 is 26.0 Å². The Labute approximate surface area is 110 Å². The summed E-state index contributed by atoms with van der Waals surface area (Å²) in [6.07, 6.45) is 0.167. The third-order valence-electron chi connectivity index (χ3n) is 2.50. The predicted octanol–water partition coefficient (Wildman–Crippen LogP) is 2.37. The smallest absolute Gasteiger partial charge is 0.207 e. The minimum Gasteiger partial charge on any atom is -0.207 e. The van der Waals surface area contributed by atoms with Crippen LogP contribution >= 0.6 is 15.9 Å². The third-order valence-corrected chi connectivity index (χ3v) is 5.49. The molecule has 0 amide bonds. The van der Waals surface area contributed by atoms with Crippen molar-refractivity contribution in [2.24, 2.45) is 0 Å². The van der Waals surface area contributed by atoms with Gasteiger partial charge < -0.3 is 0 Å². The molecule has 6 heteroatoms. The van der Waals surface area contributed by atoms with E-state index in [1.807, 2.05) is 6.07 Å². The quantitative estimate of drug-likeness (QED) is 0.856.